The smallest absolute Gasteiger partial charge is 0.368 e. The predicted molar refractivity (Wildman–Crippen MR) is 119 cm³/mol. The van der Waals surface area contributed by atoms with Gasteiger partial charge in [-0.15, -0.1) is 0 Å². The number of nitrogen functional groups attached to an aromatic ring is 1. The molecule has 0 unspecified atom stereocenters. The van der Waals surface area contributed by atoms with Crippen LogP contribution in [0, 0.1) is 0 Å². The molecule has 0 atom stereocenters. The molecule has 0 bridgehead atoms. The number of nitrogens with two attached hydrogens (primary N) is 1. The first-order valence-corrected chi connectivity index (χ1v) is 10.3. The third-order valence-corrected chi connectivity index (χ3v) is 5.31. The number of aromatic nitrogens is 3. The molecular formula is C23H24F3N5. The summed E-state index contributed by atoms with van der Waals surface area (Å²) in [4.78, 5) is 14.2. The van der Waals surface area contributed by atoms with Gasteiger partial charge in [-0.05, 0) is 36.6 Å². The molecule has 0 saturated carbocycles. The number of anilines is 2. The molecule has 0 aliphatic carbocycles. The molecule has 3 N–H and O–H groups in total. The highest BCUT2D eigenvalue weighted by molar-refractivity contribution is 6.16. The third-order valence-electron chi connectivity index (χ3n) is 5.31. The minimum Gasteiger partial charge on any atom is -0.368 e. The zero-order chi connectivity index (χ0) is 22.2. The Morgan fingerprint density at radius 1 is 1.00 bits per heavy atom. The predicted octanol–water partition coefficient (Wildman–Crippen LogP) is 6.01. The SMILES string of the molecule is CCCN(CCC)c1nc(N)nc2cc(-c3ccccc3C(F)(F)F)c3[nH]ccc3c12. The van der Waals surface area contributed by atoms with Gasteiger partial charge in [0.1, 0.15) is 5.82 Å². The van der Waals surface area contributed by atoms with Gasteiger partial charge in [-0.1, -0.05) is 32.0 Å². The van der Waals surface area contributed by atoms with E-state index in [0.29, 0.717) is 22.4 Å². The van der Waals surface area contributed by atoms with E-state index in [-0.39, 0.29) is 11.5 Å². The van der Waals surface area contributed by atoms with Crippen molar-refractivity contribution in [2.24, 2.45) is 0 Å². The molecular weight excluding hydrogens is 403 g/mol. The lowest BCUT2D eigenvalue weighted by molar-refractivity contribution is -0.137. The van der Waals surface area contributed by atoms with Crippen molar-refractivity contribution in [1.29, 1.82) is 0 Å². The summed E-state index contributed by atoms with van der Waals surface area (Å²) in [6.07, 6.45) is -0.884. The fraction of sp³-hybridized carbons (Fsp3) is 0.304. The number of alkyl halides is 3. The van der Waals surface area contributed by atoms with Crippen molar-refractivity contribution in [3.63, 3.8) is 0 Å². The summed E-state index contributed by atoms with van der Waals surface area (Å²) in [5, 5.41) is 1.57. The van der Waals surface area contributed by atoms with Gasteiger partial charge < -0.3 is 15.6 Å². The van der Waals surface area contributed by atoms with Crippen LogP contribution in [0.3, 0.4) is 0 Å². The topological polar surface area (TPSA) is 70.8 Å². The lowest BCUT2D eigenvalue weighted by Gasteiger charge is -2.25. The average Bonchev–Trinajstić information content (AvgIpc) is 3.21. The molecule has 2 aromatic carbocycles. The molecule has 31 heavy (non-hydrogen) atoms. The minimum absolute atomic E-state index is 0.0991. The van der Waals surface area contributed by atoms with E-state index >= 15 is 0 Å². The zero-order valence-corrected chi connectivity index (χ0v) is 17.4. The second-order valence-corrected chi connectivity index (χ2v) is 7.52. The number of hydrogen-bond acceptors (Lipinski definition) is 4. The van der Waals surface area contributed by atoms with Gasteiger partial charge in [-0.3, -0.25) is 0 Å². The van der Waals surface area contributed by atoms with Gasteiger partial charge in [0.05, 0.1) is 22.0 Å². The van der Waals surface area contributed by atoms with E-state index in [9.17, 15) is 13.2 Å². The van der Waals surface area contributed by atoms with Gasteiger partial charge in [-0.2, -0.15) is 18.2 Å². The summed E-state index contributed by atoms with van der Waals surface area (Å²) in [7, 11) is 0. The largest absolute Gasteiger partial charge is 0.417 e. The van der Waals surface area contributed by atoms with Crippen molar-refractivity contribution in [1.82, 2.24) is 15.0 Å². The number of nitrogens with one attached hydrogen (secondary N) is 1. The van der Waals surface area contributed by atoms with Crippen LogP contribution in [0.25, 0.3) is 32.9 Å². The molecule has 0 fully saturated rings. The van der Waals surface area contributed by atoms with E-state index in [0.717, 1.165) is 42.8 Å². The summed E-state index contributed by atoms with van der Waals surface area (Å²) in [6, 6.07) is 9.11. The average molecular weight is 427 g/mol. The van der Waals surface area contributed by atoms with Gasteiger partial charge in [0.2, 0.25) is 5.95 Å². The summed E-state index contributed by atoms with van der Waals surface area (Å²) in [6.45, 7) is 5.77. The Morgan fingerprint density at radius 3 is 2.39 bits per heavy atom. The minimum atomic E-state index is -4.47. The van der Waals surface area contributed by atoms with Crippen LogP contribution in [0.5, 0.6) is 0 Å². The fourth-order valence-electron chi connectivity index (χ4n) is 4.13. The number of benzene rings is 2. The molecule has 162 valence electrons. The normalized spacial score (nSPS) is 12.0. The number of aromatic amines is 1. The van der Waals surface area contributed by atoms with Crippen LogP contribution in [0.4, 0.5) is 24.9 Å². The summed E-state index contributed by atoms with van der Waals surface area (Å²) in [5.74, 6) is 0.816. The first kappa shape index (κ1) is 21.0. The molecule has 2 heterocycles. The van der Waals surface area contributed by atoms with Crippen molar-refractivity contribution in [2.75, 3.05) is 23.7 Å². The number of H-pyrrole nitrogens is 1. The molecule has 0 spiro atoms. The van der Waals surface area contributed by atoms with E-state index in [1.54, 1.807) is 18.3 Å². The van der Waals surface area contributed by atoms with Crippen LogP contribution < -0.4 is 10.6 Å². The number of hydrogen-bond donors (Lipinski definition) is 2. The van der Waals surface area contributed by atoms with E-state index in [2.05, 4.69) is 33.7 Å². The van der Waals surface area contributed by atoms with E-state index in [4.69, 9.17) is 5.73 Å². The van der Waals surface area contributed by atoms with E-state index in [1.165, 1.54) is 12.1 Å². The van der Waals surface area contributed by atoms with Gasteiger partial charge >= 0.3 is 6.18 Å². The van der Waals surface area contributed by atoms with Crippen LogP contribution in [0.15, 0.2) is 42.6 Å². The molecule has 2 aromatic heterocycles. The maximum Gasteiger partial charge on any atom is 0.417 e. The highest BCUT2D eigenvalue weighted by atomic mass is 19.4. The van der Waals surface area contributed by atoms with Crippen molar-refractivity contribution in [3.8, 4) is 11.1 Å². The fourth-order valence-corrected chi connectivity index (χ4v) is 4.13. The van der Waals surface area contributed by atoms with Crippen LogP contribution in [-0.4, -0.2) is 28.0 Å². The Morgan fingerprint density at radius 2 is 1.71 bits per heavy atom. The Balaban J connectivity index is 2.06. The number of rotatable bonds is 6. The molecule has 0 amide bonds. The van der Waals surface area contributed by atoms with Crippen molar-refractivity contribution in [2.45, 2.75) is 32.9 Å². The number of fused-ring (bicyclic) bond motifs is 3. The second kappa shape index (κ2) is 8.09. The Hall–Kier alpha value is -3.29. The van der Waals surface area contributed by atoms with Gasteiger partial charge in [0.15, 0.2) is 0 Å². The van der Waals surface area contributed by atoms with E-state index in [1.807, 2.05) is 6.07 Å². The van der Waals surface area contributed by atoms with Crippen LogP contribution in [0.2, 0.25) is 0 Å². The van der Waals surface area contributed by atoms with Crippen LogP contribution >= 0.6 is 0 Å². The highest BCUT2D eigenvalue weighted by Crippen LogP contribution is 2.42. The Bertz CT molecular complexity index is 1220. The monoisotopic (exact) mass is 427 g/mol. The summed E-state index contributed by atoms with van der Waals surface area (Å²) < 4.78 is 41.1. The molecule has 0 saturated heterocycles. The lowest BCUT2D eigenvalue weighted by atomic mass is 9.95. The Kier molecular flexibility index (Phi) is 5.47. The van der Waals surface area contributed by atoms with Gasteiger partial charge in [0.25, 0.3) is 0 Å². The van der Waals surface area contributed by atoms with Crippen LogP contribution in [0.1, 0.15) is 32.3 Å². The summed E-state index contributed by atoms with van der Waals surface area (Å²) >= 11 is 0. The van der Waals surface area contributed by atoms with E-state index < -0.39 is 11.7 Å². The van der Waals surface area contributed by atoms with Crippen molar-refractivity contribution < 1.29 is 13.2 Å². The molecule has 0 aliphatic heterocycles. The van der Waals surface area contributed by atoms with Crippen LogP contribution in [-0.2, 0) is 6.18 Å². The number of halogens is 3. The van der Waals surface area contributed by atoms with Crippen molar-refractivity contribution >= 4 is 33.6 Å². The quantitative estimate of drug-likeness (QED) is 0.396. The first-order chi connectivity index (χ1) is 14.8. The maximum absolute atomic E-state index is 13.7. The highest BCUT2D eigenvalue weighted by Gasteiger charge is 2.34. The molecule has 4 aromatic rings. The molecule has 0 radical (unpaired) electrons. The molecule has 5 nitrogen and oxygen atoms in total. The first-order valence-electron chi connectivity index (χ1n) is 10.3. The Labute approximate surface area is 178 Å². The van der Waals surface area contributed by atoms with Crippen molar-refractivity contribution in [3.05, 3.63) is 48.2 Å². The maximum atomic E-state index is 13.7. The lowest BCUT2D eigenvalue weighted by Crippen LogP contribution is -2.26. The van der Waals surface area contributed by atoms with Gasteiger partial charge in [0, 0.05) is 30.2 Å². The summed E-state index contributed by atoms with van der Waals surface area (Å²) in [5.41, 5.74) is 7.01. The standard InChI is InChI=1S/C23H24F3N5/c1-3-11-31(12-4-2)21-19-15-9-10-28-20(15)16(13-18(19)29-22(27)30-21)14-7-5-6-8-17(14)23(24,25)26/h5-10,13,28H,3-4,11-12H2,1-2H3,(H2,27,29,30). The zero-order valence-electron chi connectivity index (χ0n) is 17.4. The molecule has 8 heteroatoms. The number of nitrogens with zero attached hydrogens (tertiary/aromatic N) is 3. The second-order valence-electron chi connectivity index (χ2n) is 7.52. The molecule has 4 rings (SSSR count). The van der Waals surface area contributed by atoms with Gasteiger partial charge in [-0.25, -0.2) is 4.98 Å². The third kappa shape index (κ3) is 3.78. The molecule has 0 aliphatic rings.